The quantitative estimate of drug-likeness (QED) is 0.829. The summed E-state index contributed by atoms with van der Waals surface area (Å²) in [7, 11) is 0. The molecule has 1 fully saturated rings. The highest BCUT2D eigenvalue weighted by Crippen LogP contribution is 2.39. The highest BCUT2D eigenvalue weighted by Gasteiger charge is 2.37. The van der Waals surface area contributed by atoms with E-state index in [1.807, 2.05) is 0 Å². The van der Waals surface area contributed by atoms with Crippen LogP contribution < -0.4 is 0 Å². The van der Waals surface area contributed by atoms with Gasteiger partial charge in [-0.2, -0.15) is 0 Å². The predicted molar refractivity (Wildman–Crippen MR) is 54.8 cm³/mol. The van der Waals surface area contributed by atoms with Crippen molar-refractivity contribution in [3.63, 3.8) is 0 Å². The molecule has 1 N–H and O–H groups in total. The largest absolute Gasteiger partial charge is 0.478 e. The molecule has 0 aromatic heterocycles. The maximum atomic E-state index is 13.8. The third-order valence-corrected chi connectivity index (χ3v) is 3.00. The van der Waals surface area contributed by atoms with Crippen molar-refractivity contribution in [2.45, 2.75) is 31.4 Å². The van der Waals surface area contributed by atoms with Gasteiger partial charge >= 0.3 is 5.97 Å². The summed E-state index contributed by atoms with van der Waals surface area (Å²) in [6.07, 6.45) is 2.25. The summed E-state index contributed by atoms with van der Waals surface area (Å²) >= 11 is 0. The number of aromatic carboxylic acids is 1. The van der Waals surface area contributed by atoms with Crippen molar-refractivity contribution in [1.29, 1.82) is 0 Å². The molecule has 0 amide bonds. The third kappa shape index (κ3) is 2.01. The number of carboxylic acid groups (broad SMARTS) is 1. The summed E-state index contributed by atoms with van der Waals surface area (Å²) in [6.45, 7) is 0. The van der Waals surface area contributed by atoms with Gasteiger partial charge in [0, 0.05) is 6.42 Å². The average molecular weight is 208 g/mol. The molecule has 0 unspecified atom stereocenters. The highest BCUT2D eigenvalue weighted by atomic mass is 19.1. The number of carbonyl (C=O) groups is 1. The van der Waals surface area contributed by atoms with Crippen molar-refractivity contribution in [2.75, 3.05) is 0 Å². The van der Waals surface area contributed by atoms with Gasteiger partial charge in [0.1, 0.15) is 5.67 Å². The van der Waals surface area contributed by atoms with Crippen molar-refractivity contribution in [3.05, 3.63) is 35.4 Å². The van der Waals surface area contributed by atoms with Crippen LogP contribution in [-0.4, -0.2) is 16.7 Å². The summed E-state index contributed by atoms with van der Waals surface area (Å²) in [5, 5.41) is 8.93. The Balaban J connectivity index is 2.23. The van der Waals surface area contributed by atoms with E-state index in [1.165, 1.54) is 6.07 Å². The van der Waals surface area contributed by atoms with E-state index in [9.17, 15) is 9.18 Å². The van der Waals surface area contributed by atoms with E-state index in [4.69, 9.17) is 5.11 Å². The van der Waals surface area contributed by atoms with E-state index < -0.39 is 11.6 Å². The zero-order valence-corrected chi connectivity index (χ0v) is 8.37. The first-order valence-electron chi connectivity index (χ1n) is 5.11. The summed E-state index contributed by atoms with van der Waals surface area (Å²) < 4.78 is 13.8. The minimum Gasteiger partial charge on any atom is -0.478 e. The Kier molecular flexibility index (Phi) is 2.47. The fourth-order valence-corrected chi connectivity index (χ4v) is 1.96. The molecule has 0 aliphatic heterocycles. The smallest absolute Gasteiger partial charge is 0.335 e. The lowest BCUT2D eigenvalue weighted by Crippen LogP contribution is -2.34. The Hall–Kier alpha value is -1.38. The van der Waals surface area contributed by atoms with Gasteiger partial charge in [-0.1, -0.05) is 18.2 Å². The van der Waals surface area contributed by atoms with Crippen molar-refractivity contribution < 1.29 is 14.3 Å². The number of alkyl halides is 1. The highest BCUT2D eigenvalue weighted by molar-refractivity contribution is 5.89. The molecule has 0 heterocycles. The van der Waals surface area contributed by atoms with Crippen LogP contribution >= 0.6 is 0 Å². The summed E-state index contributed by atoms with van der Waals surface area (Å²) in [5.41, 5.74) is -0.334. The Morgan fingerprint density at radius 2 is 2.07 bits per heavy atom. The fourth-order valence-electron chi connectivity index (χ4n) is 1.96. The second-order valence-corrected chi connectivity index (χ2v) is 4.14. The van der Waals surface area contributed by atoms with Gasteiger partial charge in [-0.15, -0.1) is 0 Å². The normalized spacial score (nSPS) is 18.2. The molecular formula is C12H13FO2. The van der Waals surface area contributed by atoms with Crippen LogP contribution in [0.2, 0.25) is 0 Å². The molecule has 1 saturated carbocycles. The minimum absolute atomic E-state index is 0.224. The van der Waals surface area contributed by atoms with Crippen LogP contribution in [0, 0.1) is 0 Å². The molecule has 1 aliphatic rings. The molecule has 1 aromatic carbocycles. The van der Waals surface area contributed by atoms with Crippen LogP contribution in [0.25, 0.3) is 0 Å². The van der Waals surface area contributed by atoms with E-state index in [2.05, 4.69) is 0 Å². The van der Waals surface area contributed by atoms with Crippen LogP contribution in [0.1, 0.15) is 35.2 Å². The van der Waals surface area contributed by atoms with Crippen molar-refractivity contribution in [3.8, 4) is 0 Å². The molecule has 15 heavy (non-hydrogen) atoms. The SMILES string of the molecule is O=C(O)c1ccccc1CC1(F)CCC1. The zero-order chi connectivity index (χ0) is 10.9. The number of halogens is 1. The number of hydrogen-bond acceptors (Lipinski definition) is 1. The van der Waals surface area contributed by atoms with Crippen molar-refractivity contribution in [2.24, 2.45) is 0 Å². The lowest BCUT2D eigenvalue weighted by Gasteiger charge is -2.34. The van der Waals surface area contributed by atoms with Crippen LogP contribution in [0.4, 0.5) is 4.39 Å². The number of rotatable bonds is 3. The molecule has 0 radical (unpaired) electrons. The lowest BCUT2D eigenvalue weighted by molar-refractivity contribution is 0.0621. The molecule has 3 heteroatoms. The molecule has 80 valence electrons. The first-order chi connectivity index (χ1) is 7.11. The molecule has 1 aromatic rings. The molecular weight excluding hydrogens is 195 g/mol. The van der Waals surface area contributed by atoms with E-state index in [1.54, 1.807) is 18.2 Å². The lowest BCUT2D eigenvalue weighted by atomic mass is 9.77. The molecule has 0 spiro atoms. The van der Waals surface area contributed by atoms with Gasteiger partial charge in [0.2, 0.25) is 0 Å². The fraction of sp³-hybridized carbons (Fsp3) is 0.417. The van der Waals surface area contributed by atoms with Gasteiger partial charge < -0.3 is 5.11 Å². The first-order valence-corrected chi connectivity index (χ1v) is 5.11. The van der Waals surface area contributed by atoms with Gasteiger partial charge in [0.15, 0.2) is 0 Å². The summed E-state index contributed by atoms with van der Waals surface area (Å²) in [4.78, 5) is 10.9. The second-order valence-electron chi connectivity index (χ2n) is 4.14. The third-order valence-electron chi connectivity index (χ3n) is 3.00. The molecule has 0 atom stereocenters. The molecule has 2 nitrogen and oxygen atoms in total. The Labute approximate surface area is 87.7 Å². The van der Waals surface area contributed by atoms with E-state index in [0.29, 0.717) is 18.4 Å². The maximum Gasteiger partial charge on any atom is 0.335 e. The number of hydrogen-bond donors (Lipinski definition) is 1. The molecule has 0 saturated heterocycles. The Morgan fingerprint density at radius 1 is 1.40 bits per heavy atom. The topological polar surface area (TPSA) is 37.3 Å². The summed E-state index contributed by atoms with van der Waals surface area (Å²) in [6, 6.07) is 6.64. The second kappa shape index (κ2) is 3.65. The molecule has 2 rings (SSSR count). The number of benzene rings is 1. The van der Waals surface area contributed by atoms with Crippen molar-refractivity contribution in [1.82, 2.24) is 0 Å². The summed E-state index contributed by atoms with van der Waals surface area (Å²) in [5.74, 6) is -0.978. The zero-order valence-electron chi connectivity index (χ0n) is 8.37. The van der Waals surface area contributed by atoms with E-state index in [0.717, 1.165) is 6.42 Å². The molecule has 0 bridgehead atoms. The maximum absolute atomic E-state index is 13.8. The van der Waals surface area contributed by atoms with Crippen LogP contribution in [0.3, 0.4) is 0 Å². The monoisotopic (exact) mass is 208 g/mol. The predicted octanol–water partition coefficient (Wildman–Crippen LogP) is 2.82. The molecule has 1 aliphatic carbocycles. The minimum atomic E-state index is -1.16. The van der Waals surface area contributed by atoms with E-state index >= 15 is 0 Å². The number of carboxylic acids is 1. The first kappa shape index (κ1) is 10.1. The van der Waals surface area contributed by atoms with Crippen LogP contribution in [0.5, 0.6) is 0 Å². The average Bonchev–Trinajstić information content (AvgIpc) is 2.16. The van der Waals surface area contributed by atoms with Crippen molar-refractivity contribution >= 4 is 5.97 Å². The Bertz CT molecular complexity index is 383. The van der Waals surface area contributed by atoms with Gasteiger partial charge in [-0.3, -0.25) is 0 Å². The Morgan fingerprint density at radius 3 is 2.60 bits per heavy atom. The van der Waals surface area contributed by atoms with Gasteiger partial charge in [0.25, 0.3) is 0 Å². The van der Waals surface area contributed by atoms with E-state index in [-0.39, 0.29) is 12.0 Å². The van der Waals surface area contributed by atoms with Crippen LogP contribution in [-0.2, 0) is 6.42 Å². The van der Waals surface area contributed by atoms with Gasteiger partial charge in [0.05, 0.1) is 5.56 Å². The van der Waals surface area contributed by atoms with Gasteiger partial charge in [-0.25, -0.2) is 9.18 Å². The van der Waals surface area contributed by atoms with Gasteiger partial charge in [-0.05, 0) is 30.9 Å². The van der Waals surface area contributed by atoms with Crippen LogP contribution in [0.15, 0.2) is 24.3 Å². The standard InChI is InChI=1S/C12H13FO2/c13-12(6-3-7-12)8-9-4-1-2-5-10(9)11(14)15/h1-2,4-5H,3,6-8H2,(H,14,15).